The van der Waals surface area contributed by atoms with Crippen molar-refractivity contribution in [2.24, 2.45) is 0 Å². The van der Waals surface area contributed by atoms with Gasteiger partial charge in [0.2, 0.25) is 5.91 Å². The molecule has 1 amide bonds. The van der Waals surface area contributed by atoms with Gasteiger partial charge in [-0.15, -0.1) is 11.8 Å². The van der Waals surface area contributed by atoms with E-state index in [0.29, 0.717) is 0 Å². The minimum absolute atomic E-state index is 0.0123. The average molecular weight is 384 g/mol. The number of amides is 1. The van der Waals surface area contributed by atoms with Gasteiger partial charge >= 0.3 is 0 Å². The van der Waals surface area contributed by atoms with Gasteiger partial charge in [-0.3, -0.25) is 4.79 Å². The normalized spacial score (nSPS) is 16.2. The SMILES string of the molecule is Cc1ccc(C)c(OC2CCN(C(=O)C(C)SCc3ccccc3)CC2)c1. The molecule has 0 N–H and O–H groups in total. The van der Waals surface area contributed by atoms with Crippen LogP contribution in [0.3, 0.4) is 0 Å². The van der Waals surface area contributed by atoms with Crippen LogP contribution in [0.15, 0.2) is 48.5 Å². The fourth-order valence-electron chi connectivity index (χ4n) is 3.33. The van der Waals surface area contributed by atoms with Gasteiger partial charge in [0, 0.05) is 31.7 Å². The number of carbonyl (C=O) groups excluding carboxylic acids is 1. The van der Waals surface area contributed by atoms with Crippen LogP contribution in [-0.4, -0.2) is 35.3 Å². The van der Waals surface area contributed by atoms with Crippen molar-refractivity contribution in [1.82, 2.24) is 4.90 Å². The molecule has 3 rings (SSSR count). The van der Waals surface area contributed by atoms with Crippen molar-refractivity contribution >= 4 is 17.7 Å². The molecule has 1 heterocycles. The van der Waals surface area contributed by atoms with E-state index >= 15 is 0 Å². The fraction of sp³-hybridized carbons (Fsp3) is 0.435. The van der Waals surface area contributed by atoms with Crippen LogP contribution in [-0.2, 0) is 10.5 Å². The van der Waals surface area contributed by atoms with Crippen LogP contribution >= 0.6 is 11.8 Å². The molecule has 144 valence electrons. The van der Waals surface area contributed by atoms with Crippen LogP contribution in [0.5, 0.6) is 5.75 Å². The summed E-state index contributed by atoms with van der Waals surface area (Å²) in [6.45, 7) is 7.75. The Kier molecular flexibility index (Phi) is 6.84. The molecule has 1 aliphatic rings. The van der Waals surface area contributed by atoms with Crippen molar-refractivity contribution in [1.29, 1.82) is 0 Å². The summed E-state index contributed by atoms with van der Waals surface area (Å²) in [5.74, 6) is 2.10. The zero-order chi connectivity index (χ0) is 19.2. The summed E-state index contributed by atoms with van der Waals surface area (Å²) in [6, 6.07) is 16.7. The van der Waals surface area contributed by atoms with Crippen LogP contribution in [0.4, 0.5) is 0 Å². The molecule has 2 aromatic rings. The first kappa shape index (κ1) is 19.8. The highest BCUT2D eigenvalue weighted by molar-refractivity contribution is 7.99. The minimum Gasteiger partial charge on any atom is -0.490 e. The molecule has 27 heavy (non-hydrogen) atoms. The number of rotatable bonds is 6. The Morgan fingerprint density at radius 3 is 2.56 bits per heavy atom. The summed E-state index contributed by atoms with van der Waals surface area (Å²) in [5.41, 5.74) is 3.65. The molecule has 1 fully saturated rings. The van der Waals surface area contributed by atoms with E-state index in [-0.39, 0.29) is 17.3 Å². The highest BCUT2D eigenvalue weighted by Gasteiger charge is 2.27. The van der Waals surface area contributed by atoms with Crippen molar-refractivity contribution in [2.75, 3.05) is 13.1 Å². The molecule has 0 radical (unpaired) electrons. The van der Waals surface area contributed by atoms with E-state index in [1.54, 1.807) is 11.8 Å². The van der Waals surface area contributed by atoms with Gasteiger partial charge in [-0.25, -0.2) is 0 Å². The lowest BCUT2D eigenvalue weighted by Crippen LogP contribution is -2.44. The second-order valence-electron chi connectivity index (χ2n) is 7.35. The number of nitrogens with zero attached hydrogens (tertiary/aromatic N) is 1. The average Bonchev–Trinajstić information content (AvgIpc) is 2.70. The zero-order valence-electron chi connectivity index (χ0n) is 16.5. The van der Waals surface area contributed by atoms with E-state index in [4.69, 9.17) is 4.74 Å². The molecule has 1 saturated heterocycles. The van der Waals surface area contributed by atoms with E-state index < -0.39 is 0 Å². The van der Waals surface area contributed by atoms with Crippen molar-refractivity contribution < 1.29 is 9.53 Å². The number of hydrogen-bond acceptors (Lipinski definition) is 3. The van der Waals surface area contributed by atoms with E-state index in [2.05, 4.69) is 44.2 Å². The maximum Gasteiger partial charge on any atom is 0.235 e. The van der Waals surface area contributed by atoms with Crippen molar-refractivity contribution in [3.63, 3.8) is 0 Å². The number of piperidine rings is 1. The van der Waals surface area contributed by atoms with Crippen LogP contribution in [0, 0.1) is 13.8 Å². The Hall–Kier alpha value is -1.94. The predicted octanol–water partition coefficient (Wildman–Crippen LogP) is 5.00. The molecule has 4 heteroatoms. The van der Waals surface area contributed by atoms with Crippen LogP contribution in [0.1, 0.15) is 36.5 Å². The molecule has 1 atom stereocenters. The molecule has 0 aliphatic carbocycles. The molecule has 3 nitrogen and oxygen atoms in total. The van der Waals surface area contributed by atoms with Crippen molar-refractivity contribution in [3.05, 3.63) is 65.2 Å². The first-order valence-corrected chi connectivity index (χ1v) is 10.8. The predicted molar refractivity (Wildman–Crippen MR) is 113 cm³/mol. The first-order chi connectivity index (χ1) is 13.0. The monoisotopic (exact) mass is 383 g/mol. The van der Waals surface area contributed by atoms with Gasteiger partial charge in [0.15, 0.2) is 0 Å². The highest BCUT2D eigenvalue weighted by Crippen LogP contribution is 2.25. The lowest BCUT2D eigenvalue weighted by molar-refractivity contribution is -0.132. The Labute approximate surface area is 167 Å². The largest absolute Gasteiger partial charge is 0.490 e. The minimum atomic E-state index is -0.0123. The second kappa shape index (κ2) is 9.32. The van der Waals surface area contributed by atoms with Gasteiger partial charge < -0.3 is 9.64 Å². The summed E-state index contributed by atoms with van der Waals surface area (Å²) >= 11 is 1.72. The van der Waals surface area contributed by atoms with Gasteiger partial charge in [0.25, 0.3) is 0 Å². The molecular weight excluding hydrogens is 354 g/mol. The topological polar surface area (TPSA) is 29.5 Å². The number of carbonyl (C=O) groups is 1. The number of thioether (sulfide) groups is 1. The summed E-state index contributed by atoms with van der Waals surface area (Å²) < 4.78 is 6.22. The maximum absolute atomic E-state index is 12.7. The Bertz CT molecular complexity index is 754. The van der Waals surface area contributed by atoms with E-state index in [1.807, 2.05) is 30.0 Å². The van der Waals surface area contributed by atoms with Crippen molar-refractivity contribution in [2.45, 2.75) is 50.7 Å². The quantitative estimate of drug-likeness (QED) is 0.703. The van der Waals surface area contributed by atoms with Crippen LogP contribution < -0.4 is 4.74 Å². The lowest BCUT2D eigenvalue weighted by atomic mass is 10.1. The van der Waals surface area contributed by atoms with Crippen LogP contribution in [0.25, 0.3) is 0 Å². The Morgan fingerprint density at radius 1 is 1.15 bits per heavy atom. The molecule has 0 aromatic heterocycles. The molecule has 1 aliphatic heterocycles. The molecule has 0 saturated carbocycles. The Morgan fingerprint density at radius 2 is 1.85 bits per heavy atom. The zero-order valence-corrected chi connectivity index (χ0v) is 17.3. The highest BCUT2D eigenvalue weighted by atomic mass is 32.2. The molecule has 1 unspecified atom stereocenters. The number of aryl methyl sites for hydroxylation is 2. The number of ether oxygens (including phenoxy) is 1. The summed E-state index contributed by atoms with van der Waals surface area (Å²) in [6.07, 6.45) is 1.99. The van der Waals surface area contributed by atoms with E-state index in [9.17, 15) is 4.79 Å². The maximum atomic E-state index is 12.7. The van der Waals surface area contributed by atoms with Gasteiger partial charge in [-0.05, 0) is 43.5 Å². The van der Waals surface area contributed by atoms with Crippen molar-refractivity contribution in [3.8, 4) is 5.75 Å². The van der Waals surface area contributed by atoms with Gasteiger partial charge in [0.1, 0.15) is 11.9 Å². The summed E-state index contributed by atoms with van der Waals surface area (Å²) in [5, 5.41) is -0.0123. The van der Waals surface area contributed by atoms with Gasteiger partial charge in [-0.2, -0.15) is 0 Å². The fourth-order valence-corrected chi connectivity index (χ4v) is 4.26. The number of benzene rings is 2. The third-order valence-electron chi connectivity index (χ3n) is 5.08. The smallest absolute Gasteiger partial charge is 0.235 e. The molecule has 0 spiro atoms. The lowest BCUT2D eigenvalue weighted by Gasteiger charge is -2.34. The second-order valence-corrected chi connectivity index (χ2v) is 8.68. The van der Waals surface area contributed by atoms with E-state index in [1.165, 1.54) is 16.7 Å². The molecule has 0 bridgehead atoms. The Balaban J connectivity index is 1.46. The molecule has 2 aromatic carbocycles. The van der Waals surface area contributed by atoms with Gasteiger partial charge in [-0.1, -0.05) is 42.5 Å². The van der Waals surface area contributed by atoms with Gasteiger partial charge in [0.05, 0.1) is 5.25 Å². The van der Waals surface area contributed by atoms with Crippen LogP contribution in [0.2, 0.25) is 0 Å². The third-order valence-corrected chi connectivity index (χ3v) is 6.28. The number of hydrogen-bond donors (Lipinski definition) is 0. The molecular formula is C23H29NO2S. The third kappa shape index (κ3) is 5.52. The standard InChI is InChI=1S/C23H29NO2S/c1-17-9-10-18(2)22(15-17)26-21-11-13-24(14-12-21)23(25)19(3)27-16-20-7-5-4-6-8-20/h4-10,15,19,21H,11-14,16H2,1-3H3. The number of likely N-dealkylation sites (tertiary alicyclic amines) is 1. The first-order valence-electron chi connectivity index (χ1n) is 9.71. The summed E-state index contributed by atoms with van der Waals surface area (Å²) in [7, 11) is 0. The summed E-state index contributed by atoms with van der Waals surface area (Å²) in [4.78, 5) is 14.8. The van der Waals surface area contributed by atoms with E-state index in [0.717, 1.165) is 37.4 Å².